The molecule has 160 valence electrons. The number of aliphatic imine (C=N–C) groups is 1. The van der Waals surface area contributed by atoms with E-state index in [1.54, 1.807) is 11.0 Å². The van der Waals surface area contributed by atoms with E-state index in [2.05, 4.69) is 26.2 Å². The van der Waals surface area contributed by atoms with E-state index in [-0.39, 0.29) is 23.9 Å². The minimum Gasteiger partial charge on any atom is -0.505 e. The van der Waals surface area contributed by atoms with Gasteiger partial charge in [0.15, 0.2) is 5.75 Å². The van der Waals surface area contributed by atoms with Gasteiger partial charge in [0.1, 0.15) is 11.4 Å². The number of piperazine rings is 1. The number of hydrogen-bond acceptors (Lipinski definition) is 7. The van der Waals surface area contributed by atoms with Crippen LogP contribution in [0.2, 0.25) is 5.02 Å². The van der Waals surface area contributed by atoms with Crippen LogP contribution in [-0.2, 0) is 4.74 Å². The molecular weight excluding hydrogens is 464 g/mol. The lowest BCUT2D eigenvalue weighted by atomic mass is 10.0. The first-order chi connectivity index (χ1) is 13.4. The molecule has 0 aliphatic carbocycles. The van der Waals surface area contributed by atoms with Crippen LogP contribution in [0, 0.1) is 0 Å². The average molecular weight is 490 g/mol. The molecule has 1 saturated heterocycles. The van der Waals surface area contributed by atoms with Gasteiger partial charge >= 0.3 is 6.09 Å². The molecule has 2 aliphatic rings. The Morgan fingerprint density at radius 1 is 1.34 bits per heavy atom. The van der Waals surface area contributed by atoms with Crippen molar-refractivity contribution in [2.24, 2.45) is 4.99 Å². The van der Waals surface area contributed by atoms with Gasteiger partial charge < -0.3 is 30.1 Å². The van der Waals surface area contributed by atoms with Crippen molar-refractivity contribution in [2.45, 2.75) is 58.7 Å². The largest absolute Gasteiger partial charge is 0.505 e. The monoisotopic (exact) mass is 488 g/mol. The van der Waals surface area contributed by atoms with E-state index in [1.165, 1.54) is 0 Å². The fourth-order valence-corrected chi connectivity index (χ4v) is 4.02. The number of nitrogens with one attached hydrogen (secondary N) is 1. The van der Waals surface area contributed by atoms with Crippen molar-refractivity contribution in [1.82, 2.24) is 9.80 Å². The summed E-state index contributed by atoms with van der Waals surface area (Å²) in [6.07, 6.45) is -1.56. The van der Waals surface area contributed by atoms with E-state index in [0.717, 1.165) is 0 Å². The van der Waals surface area contributed by atoms with Gasteiger partial charge in [0.05, 0.1) is 15.2 Å². The second-order valence-corrected chi connectivity index (χ2v) is 9.60. The fraction of sp³-hybridized carbons (Fsp3) is 0.579. The highest BCUT2D eigenvalue weighted by atomic mass is 79.9. The quantitative estimate of drug-likeness (QED) is 0.482. The first-order valence-electron chi connectivity index (χ1n) is 9.39. The van der Waals surface area contributed by atoms with Gasteiger partial charge in [0.2, 0.25) is 6.35 Å². The molecular formula is C19H26BrClN4O4. The van der Waals surface area contributed by atoms with Crippen LogP contribution in [0.3, 0.4) is 0 Å². The number of carbonyl (C=O) groups excluding carboxylic acids is 1. The van der Waals surface area contributed by atoms with Crippen LogP contribution in [0.5, 0.6) is 5.75 Å². The summed E-state index contributed by atoms with van der Waals surface area (Å²) in [5, 5.41) is 23.7. The van der Waals surface area contributed by atoms with Gasteiger partial charge in [0.25, 0.3) is 0 Å². The number of rotatable bonds is 0. The zero-order valence-electron chi connectivity index (χ0n) is 17.0. The molecule has 1 unspecified atom stereocenters. The maximum absolute atomic E-state index is 12.6. The van der Waals surface area contributed by atoms with Gasteiger partial charge in [0, 0.05) is 30.7 Å². The molecule has 1 fully saturated rings. The number of aliphatic hydroxyl groups excluding tert-OH is 1. The summed E-state index contributed by atoms with van der Waals surface area (Å²) < 4.78 is 5.87. The molecule has 3 atom stereocenters. The highest BCUT2D eigenvalue weighted by Crippen LogP contribution is 2.43. The maximum Gasteiger partial charge on any atom is 0.410 e. The maximum atomic E-state index is 12.6. The molecule has 0 spiro atoms. The number of nitrogens with zero attached hydrogens (tertiary/aromatic N) is 3. The minimum atomic E-state index is -1.21. The number of benzene rings is 1. The number of aromatic hydroxyl groups is 1. The highest BCUT2D eigenvalue weighted by molar-refractivity contribution is 9.10. The summed E-state index contributed by atoms with van der Waals surface area (Å²) in [6, 6.07) is 1.45. The second kappa shape index (κ2) is 7.85. The summed E-state index contributed by atoms with van der Waals surface area (Å²) in [6.45, 7) is 10.3. The SMILES string of the molecule is C[C@@H]1CN(C2=NC(O)Nc3c2cc(Cl)c(Br)c3O)[C@@H](C)CN1C(=O)OC(C)(C)C. The van der Waals surface area contributed by atoms with E-state index < -0.39 is 12.0 Å². The molecule has 0 aromatic heterocycles. The first-order valence-corrected chi connectivity index (χ1v) is 10.6. The van der Waals surface area contributed by atoms with Gasteiger partial charge in [-0.15, -0.1) is 0 Å². The first kappa shape index (κ1) is 22.0. The molecule has 3 rings (SSSR count). The lowest BCUT2D eigenvalue weighted by Crippen LogP contribution is -2.60. The Balaban J connectivity index is 1.90. The number of amides is 1. The van der Waals surface area contributed by atoms with Gasteiger partial charge in [-0.05, 0) is 56.6 Å². The van der Waals surface area contributed by atoms with E-state index in [0.29, 0.717) is 39.7 Å². The van der Waals surface area contributed by atoms with Crippen LogP contribution in [0.25, 0.3) is 0 Å². The van der Waals surface area contributed by atoms with Crippen LogP contribution < -0.4 is 5.32 Å². The molecule has 10 heteroatoms. The Morgan fingerprint density at radius 3 is 2.62 bits per heavy atom. The molecule has 0 saturated carbocycles. The minimum absolute atomic E-state index is 0.0907. The molecule has 3 N–H and O–H groups in total. The van der Waals surface area contributed by atoms with Gasteiger partial charge in [-0.25, -0.2) is 9.79 Å². The standard InChI is InChI=1S/C19H26BrClN4O4/c1-9-8-25(18(28)29-19(3,4)5)10(2)7-24(9)16-11-6-12(21)13(20)15(26)14(11)22-17(27)23-16/h6,9-10,17,22,26-27H,7-8H2,1-5H3/t9-,10+,17?/m0/s1. The molecule has 2 aliphatic heterocycles. The van der Waals surface area contributed by atoms with E-state index in [4.69, 9.17) is 16.3 Å². The summed E-state index contributed by atoms with van der Waals surface area (Å²) >= 11 is 9.49. The van der Waals surface area contributed by atoms with Crippen LogP contribution in [0.1, 0.15) is 40.2 Å². The van der Waals surface area contributed by atoms with Gasteiger partial charge in [-0.3, -0.25) is 0 Å². The third kappa shape index (κ3) is 4.41. The van der Waals surface area contributed by atoms with Crippen LogP contribution in [-0.4, -0.2) is 69.1 Å². The Hall–Kier alpha value is -1.71. The number of halogens is 2. The lowest BCUT2D eigenvalue weighted by Gasteiger charge is -2.46. The normalized spacial score (nSPS) is 24.6. The second-order valence-electron chi connectivity index (χ2n) is 8.40. The smallest absolute Gasteiger partial charge is 0.410 e. The van der Waals surface area contributed by atoms with E-state index in [9.17, 15) is 15.0 Å². The predicted molar refractivity (Wildman–Crippen MR) is 116 cm³/mol. The number of fused-ring (bicyclic) bond motifs is 1. The fourth-order valence-electron chi connectivity index (χ4n) is 3.51. The Morgan fingerprint density at radius 2 is 2.00 bits per heavy atom. The van der Waals surface area contributed by atoms with Crippen molar-refractivity contribution in [2.75, 3.05) is 18.4 Å². The number of anilines is 1. The predicted octanol–water partition coefficient (Wildman–Crippen LogP) is 3.59. The van der Waals surface area contributed by atoms with Crippen molar-refractivity contribution < 1.29 is 19.7 Å². The zero-order chi connectivity index (χ0) is 21.7. The molecule has 2 heterocycles. The van der Waals surface area contributed by atoms with Crippen molar-refractivity contribution in [3.05, 3.63) is 21.1 Å². The number of phenolic OH excluding ortho intramolecular Hbond substituents is 1. The van der Waals surface area contributed by atoms with Crippen molar-refractivity contribution >= 4 is 45.1 Å². The number of amidine groups is 1. The third-order valence-corrected chi connectivity index (χ3v) is 6.17. The van der Waals surface area contributed by atoms with E-state index >= 15 is 0 Å². The molecule has 1 aromatic rings. The molecule has 0 bridgehead atoms. The number of phenols is 1. The van der Waals surface area contributed by atoms with Crippen molar-refractivity contribution in [3.63, 3.8) is 0 Å². The molecule has 0 radical (unpaired) electrons. The van der Waals surface area contributed by atoms with Crippen molar-refractivity contribution in [1.29, 1.82) is 0 Å². The van der Waals surface area contributed by atoms with E-state index in [1.807, 2.05) is 39.5 Å². The third-order valence-electron chi connectivity index (χ3n) is 4.84. The molecule has 1 aromatic carbocycles. The molecule has 1 amide bonds. The lowest BCUT2D eigenvalue weighted by molar-refractivity contribution is 0.000291. The van der Waals surface area contributed by atoms with Crippen LogP contribution >= 0.6 is 27.5 Å². The molecule has 29 heavy (non-hydrogen) atoms. The summed E-state index contributed by atoms with van der Waals surface area (Å²) in [4.78, 5) is 20.6. The Labute approximate surface area is 183 Å². The van der Waals surface area contributed by atoms with Gasteiger partial charge in [-0.1, -0.05) is 11.6 Å². The molecule has 8 nitrogen and oxygen atoms in total. The Kier molecular flexibility index (Phi) is 5.95. The van der Waals surface area contributed by atoms with Gasteiger partial charge in [-0.2, -0.15) is 0 Å². The summed E-state index contributed by atoms with van der Waals surface area (Å²) in [7, 11) is 0. The Bertz CT molecular complexity index is 858. The van der Waals surface area contributed by atoms with Crippen LogP contribution in [0.15, 0.2) is 15.5 Å². The average Bonchev–Trinajstić information content (AvgIpc) is 2.60. The number of ether oxygens (including phenoxy) is 1. The topological polar surface area (TPSA) is 97.6 Å². The highest BCUT2D eigenvalue weighted by Gasteiger charge is 2.38. The summed E-state index contributed by atoms with van der Waals surface area (Å²) in [5.41, 5.74) is 0.375. The zero-order valence-corrected chi connectivity index (χ0v) is 19.4. The summed E-state index contributed by atoms with van der Waals surface area (Å²) in [5.74, 6) is 0.422. The van der Waals surface area contributed by atoms with Crippen molar-refractivity contribution in [3.8, 4) is 5.75 Å². The number of aliphatic hydroxyl groups is 1. The number of hydrogen-bond donors (Lipinski definition) is 3. The number of carbonyl (C=O) groups is 1. The van der Waals surface area contributed by atoms with Crippen LogP contribution in [0.4, 0.5) is 10.5 Å².